The minimum absolute atomic E-state index is 0.157. The largest absolute Gasteiger partial charge is 0.497 e. The van der Waals surface area contributed by atoms with Crippen molar-refractivity contribution in [1.82, 2.24) is 30.2 Å². The number of fused-ring (bicyclic) bond motifs is 1. The Morgan fingerprint density at radius 2 is 1.50 bits per heavy atom. The number of halogens is 3. The van der Waals surface area contributed by atoms with Gasteiger partial charge in [-0.15, -0.1) is 0 Å². The summed E-state index contributed by atoms with van der Waals surface area (Å²) in [7, 11) is 1.57. The third-order valence-electron chi connectivity index (χ3n) is 9.40. The van der Waals surface area contributed by atoms with E-state index >= 15 is 0 Å². The first-order valence-corrected chi connectivity index (χ1v) is 18.4. The molecule has 1 saturated heterocycles. The van der Waals surface area contributed by atoms with Crippen LogP contribution < -0.4 is 20.7 Å². The van der Waals surface area contributed by atoms with Crippen molar-refractivity contribution in [1.29, 1.82) is 0 Å². The standard InChI is InChI=1S/C40H42F3N7O8/c1-3-10-30(51)49-35-32-36(47-23-46-35)50(24-48-32)37-34(56-22-31(52)44-19-20-45-38(54)40(41,42)43)33(53)29(58-37)21-57-39(25-11-6-4-7-12-25,26-13-8-5-9-14-26)27-15-17-28(55-2)18-16-27/h4-9,11-18,23-24,29,33-34,37,53H,3,10,19-22H2,1-2H3,(H,44,52)(H,45,54)(H,46,47,49,51)/t29-,33-,34-,37-/m1/s1. The van der Waals surface area contributed by atoms with E-state index in [4.69, 9.17) is 18.9 Å². The average Bonchev–Trinajstić information content (AvgIpc) is 3.80. The van der Waals surface area contributed by atoms with Crippen LogP contribution in [0.1, 0.15) is 42.7 Å². The number of nitrogens with one attached hydrogen (secondary N) is 3. The van der Waals surface area contributed by atoms with Gasteiger partial charge in [0.05, 0.1) is 20.0 Å². The number of amides is 3. The average molecular weight is 806 g/mol. The molecule has 1 fully saturated rings. The molecule has 306 valence electrons. The summed E-state index contributed by atoms with van der Waals surface area (Å²) in [6.45, 7) is 0.192. The number of rotatable bonds is 17. The first-order chi connectivity index (χ1) is 28.0. The molecule has 3 amide bonds. The van der Waals surface area contributed by atoms with Crippen LogP contribution >= 0.6 is 0 Å². The molecule has 3 heterocycles. The zero-order valence-electron chi connectivity index (χ0n) is 31.5. The fourth-order valence-corrected chi connectivity index (χ4v) is 6.64. The van der Waals surface area contributed by atoms with Gasteiger partial charge in [-0.3, -0.25) is 19.0 Å². The molecule has 1 aliphatic rings. The molecule has 4 atom stereocenters. The summed E-state index contributed by atoms with van der Waals surface area (Å²) in [5.74, 6) is -2.36. The van der Waals surface area contributed by atoms with Gasteiger partial charge < -0.3 is 40.0 Å². The minimum Gasteiger partial charge on any atom is -0.497 e. The van der Waals surface area contributed by atoms with Crippen molar-refractivity contribution in [3.8, 4) is 5.75 Å². The molecular formula is C40H42F3N7O8. The second kappa shape index (κ2) is 18.5. The Labute approximate surface area is 330 Å². The maximum absolute atomic E-state index is 12.8. The molecule has 15 nitrogen and oxygen atoms in total. The number of alkyl halides is 3. The first kappa shape index (κ1) is 41.7. The number of imidazole rings is 1. The van der Waals surface area contributed by atoms with Crippen LogP contribution in [0.5, 0.6) is 5.75 Å². The number of aromatic nitrogens is 4. The third kappa shape index (κ3) is 9.26. The Hall–Kier alpha value is -5.95. The Morgan fingerprint density at radius 3 is 2.12 bits per heavy atom. The maximum atomic E-state index is 12.8. The number of hydrogen-bond acceptors (Lipinski definition) is 11. The van der Waals surface area contributed by atoms with Crippen molar-refractivity contribution in [2.75, 3.05) is 38.7 Å². The van der Waals surface area contributed by atoms with E-state index in [1.165, 1.54) is 17.2 Å². The molecule has 0 radical (unpaired) electrons. The Kier molecular flexibility index (Phi) is 13.3. The minimum atomic E-state index is -5.07. The molecule has 0 saturated carbocycles. The number of hydrogen-bond donors (Lipinski definition) is 4. The molecule has 6 rings (SSSR count). The van der Waals surface area contributed by atoms with Gasteiger partial charge in [-0.25, -0.2) is 15.0 Å². The van der Waals surface area contributed by atoms with Crippen molar-refractivity contribution < 1.29 is 51.6 Å². The van der Waals surface area contributed by atoms with Gasteiger partial charge in [-0.1, -0.05) is 79.7 Å². The molecule has 18 heteroatoms. The molecule has 58 heavy (non-hydrogen) atoms. The van der Waals surface area contributed by atoms with Crippen molar-refractivity contribution in [3.63, 3.8) is 0 Å². The fourth-order valence-electron chi connectivity index (χ4n) is 6.64. The van der Waals surface area contributed by atoms with Gasteiger partial charge in [0, 0.05) is 19.5 Å². The monoisotopic (exact) mass is 805 g/mol. The number of aliphatic hydroxyl groups is 1. The summed E-state index contributed by atoms with van der Waals surface area (Å²) in [6.07, 6.45) is -6.51. The van der Waals surface area contributed by atoms with Crippen LogP contribution in [-0.4, -0.2) is 100 Å². The summed E-state index contributed by atoms with van der Waals surface area (Å²) < 4.78 is 64.0. The summed E-state index contributed by atoms with van der Waals surface area (Å²) in [5, 5.41) is 18.7. The predicted molar refractivity (Wildman–Crippen MR) is 202 cm³/mol. The summed E-state index contributed by atoms with van der Waals surface area (Å²) >= 11 is 0. The van der Waals surface area contributed by atoms with Gasteiger partial charge in [0.25, 0.3) is 0 Å². The van der Waals surface area contributed by atoms with E-state index in [1.54, 1.807) is 12.4 Å². The second-order valence-corrected chi connectivity index (χ2v) is 13.2. The molecule has 0 aliphatic carbocycles. The van der Waals surface area contributed by atoms with Crippen molar-refractivity contribution in [2.24, 2.45) is 0 Å². The lowest BCUT2D eigenvalue weighted by Gasteiger charge is -2.37. The lowest BCUT2D eigenvalue weighted by molar-refractivity contribution is -0.173. The second-order valence-electron chi connectivity index (χ2n) is 13.2. The smallest absolute Gasteiger partial charge is 0.471 e. The van der Waals surface area contributed by atoms with E-state index in [9.17, 15) is 32.7 Å². The molecular weight excluding hydrogens is 763 g/mol. The van der Waals surface area contributed by atoms with Gasteiger partial charge in [0.1, 0.15) is 42.6 Å². The van der Waals surface area contributed by atoms with E-state index < -0.39 is 61.3 Å². The third-order valence-corrected chi connectivity index (χ3v) is 9.40. The molecule has 2 aromatic heterocycles. The van der Waals surface area contributed by atoms with Crippen molar-refractivity contribution >= 4 is 34.7 Å². The highest BCUT2D eigenvalue weighted by Crippen LogP contribution is 2.43. The molecule has 0 bridgehead atoms. The highest BCUT2D eigenvalue weighted by molar-refractivity contribution is 5.96. The normalized spacial score (nSPS) is 18.2. The zero-order valence-corrected chi connectivity index (χ0v) is 31.5. The number of methoxy groups -OCH3 is 1. The number of ether oxygens (including phenoxy) is 4. The van der Waals surface area contributed by atoms with Crippen LogP contribution in [0.4, 0.5) is 19.0 Å². The van der Waals surface area contributed by atoms with Crippen LogP contribution in [0.3, 0.4) is 0 Å². The highest BCUT2D eigenvalue weighted by atomic mass is 19.4. The molecule has 3 aromatic carbocycles. The number of carbonyl (C=O) groups excluding carboxylic acids is 3. The Balaban J connectivity index is 1.30. The number of carbonyl (C=O) groups is 3. The van der Waals surface area contributed by atoms with Crippen LogP contribution in [0.15, 0.2) is 97.6 Å². The van der Waals surface area contributed by atoms with Crippen molar-refractivity contribution in [2.45, 2.75) is 56.1 Å². The first-order valence-electron chi connectivity index (χ1n) is 18.4. The van der Waals surface area contributed by atoms with Crippen LogP contribution in [-0.2, 0) is 34.2 Å². The predicted octanol–water partition coefficient (Wildman–Crippen LogP) is 4.02. The fraction of sp³-hybridized carbons (Fsp3) is 0.350. The SMILES string of the molecule is CCCC(=O)Nc1ncnc2c1ncn2[C@@H]1O[C@H](COC(c2ccccc2)(c2ccccc2)c2ccc(OC)cc2)[C@@H](O)[C@H]1OCC(=O)NCCNC(=O)C(F)(F)F. The molecule has 4 N–H and O–H groups in total. The van der Waals surface area contributed by atoms with Gasteiger partial charge in [-0.2, -0.15) is 13.2 Å². The van der Waals surface area contributed by atoms with Gasteiger partial charge in [0.2, 0.25) is 11.8 Å². The van der Waals surface area contributed by atoms with E-state index in [-0.39, 0.29) is 42.5 Å². The maximum Gasteiger partial charge on any atom is 0.471 e. The van der Waals surface area contributed by atoms with E-state index in [0.717, 1.165) is 16.7 Å². The van der Waals surface area contributed by atoms with Gasteiger partial charge in [0.15, 0.2) is 23.2 Å². The zero-order chi connectivity index (χ0) is 41.3. The summed E-state index contributed by atoms with van der Waals surface area (Å²) in [4.78, 5) is 49.4. The number of anilines is 1. The van der Waals surface area contributed by atoms with Crippen LogP contribution in [0.25, 0.3) is 11.2 Å². The number of aliphatic hydroxyl groups excluding tert-OH is 1. The number of nitrogens with zero attached hydrogens (tertiary/aromatic N) is 4. The van der Waals surface area contributed by atoms with E-state index in [1.807, 2.05) is 91.9 Å². The number of benzene rings is 3. The lowest BCUT2D eigenvalue weighted by Crippen LogP contribution is -2.43. The summed E-state index contributed by atoms with van der Waals surface area (Å²) in [6, 6.07) is 26.5. The lowest BCUT2D eigenvalue weighted by atomic mass is 9.80. The Morgan fingerprint density at radius 1 is 0.862 bits per heavy atom. The quantitative estimate of drug-likeness (QED) is 0.0786. The van der Waals surface area contributed by atoms with E-state index in [0.29, 0.717) is 12.2 Å². The molecule has 1 aliphatic heterocycles. The van der Waals surface area contributed by atoms with Gasteiger partial charge in [-0.05, 0) is 35.2 Å². The van der Waals surface area contributed by atoms with Crippen LogP contribution in [0.2, 0.25) is 0 Å². The molecule has 0 spiro atoms. The topological polar surface area (TPSA) is 188 Å². The molecule has 0 unspecified atom stereocenters. The van der Waals surface area contributed by atoms with Gasteiger partial charge >= 0.3 is 12.1 Å². The van der Waals surface area contributed by atoms with Crippen LogP contribution in [0, 0.1) is 0 Å². The molecule has 5 aromatic rings. The van der Waals surface area contributed by atoms with E-state index in [2.05, 4.69) is 25.6 Å². The highest BCUT2D eigenvalue weighted by Gasteiger charge is 2.48. The summed E-state index contributed by atoms with van der Waals surface area (Å²) in [5.41, 5.74) is 1.53. The van der Waals surface area contributed by atoms with Crippen molar-refractivity contribution in [3.05, 3.63) is 114 Å². The Bertz CT molecular complexity index is 2120.